The number of methoxy groups -OCH3 is 2. The number of aliphatic hydroxyl groups is 1. The van der Waals surface area contributed by atoms with Crippen LogP contribution in [0.25, 0.3) is 0 Å². The molecule has 0 saturated heterocycles. The van der Waals surface area contributed by atoms with Gasteiger partial charge in [0.05, 0.1) is 12.2 Å². The molecule has 4 nitrogen and oxygen atoms in total. The van der Waals surface area contributed by atoms with Crippen molar-refractivity contribution in [2.45, 2.75) is 32.8 Å². The Labute approximate surface area is 106 Å². The average Bonchev–Trinajstić information content (AvgIpc) is 2.25. The Bertz CT molecular complexity index is 184. The Balaban J connectivity index is 4.16. The molecule has 17 heavy (non-hydrogen) atoms. The maximum Gasteiger partial charge on any atom is 0.0768 e. The molecular formula is C13H29NO3. The SMILES string of the molecule is COCCCN(CCOC)CC(C)(O)C(C)C. The lowest BCUT2D eigenvalue weighted by Gasteiger charge is -2.34. The van der Waals surface area contributed by atoms with Crippen molar-refractivity contribution in [3.63, 3.8) is 0 Å². The van der Waals surface area contributed by atoms with Crippen LogP contribution in [0, 0.1) is 5.92 Å². The Morgan fingerprint density at radius 2 is 1.71 bits per heavy atom. The molecule has 0 aromatic rings. The van der Waals surface area contributed by atoms with Crippen LogP contribution in [0.15, 0.2) is 0 Å². The first-order chi connectivity index (χ1) is 7.94. The van der Waals surface area contributed by atoms with Gasteiger partial charge >= 0.3 is 0 Å². The molecular weight excluding hydrogens is 218 g/mol. The molecule has 0 aromatic carbocycles. The van der Waals surface area contributed by atoms with E-state index in [0.29, 0.717) is 13.2 Å². The van der Waals surface area contributed by atoms with Crippen LogP contribution in [0.3, 0.4) is 0 Å². The monoisotopic (exact) mass is 247 g/mol. The van der Waals surface area contributed by atoms with E-state index in [2.05, 4.69) is 4.90 Å². The van der Waals surface area contributed by atoms with E-state index < -0.39 is 5.60 Å². The lowest BCUT2D eigenvalue weighted by molar-refractivity contribution is -0.0243. The van der Waals surface area contributed by atoms with E-state index in [9.17, 15) is 5.11 Å². The van der Waals surface area contributed by atoms with Gasteiger partial charge in [-0.25, -0.2) is 0 Å². The van der Waals surface area contributed by atoms with Crippen molar-refractivity contribution >= 4 is 0 Å². The molecule has 1 atom stereocenters. The summed E-state index contributed by atoms with van der Waals surface area (Å²) in [6.07, 6.45) is 0.981. The second kappa shape index (κ2) is 8.86. The predicted octanol–water partition coefficient (Wildman–Crippen LogP) is 1.38. The lowest BCUT2D eigenvalue weighted by Crippen LogP contribution is -2.46. The lowest BCUT2D eigenvalue weighted by atomic mass is 9.92. The van der Waals surface area contributed by atoms with Crippen LogP contribution in [0.2, 0.25) is 0 Å². The van der Waals surface area contributed by atoms with Gasteiger partial charge in [0.2, 0.25) is 0 Å². The molecule has 0 rings (SSSR count). The number of ether oxygens (including phenoxy) is 2. The van der Waals surface area contributed by atoms with Crippen LogP contribution in [0.1, 0.15) is 27.2 Å². The third-order valence-corrected chi connectivity index (χ3v) is 3.22. The van der Waals surface area contributed by atoms with Gasteiger partial charge in [0.25, 0.3) is 0 Å². The van der Waals surface area contributed by atoms with Crippen LogP contribution < -0.4 is 0 Å². The minimum Gasteiger partial charge on any atom is -0.389 e. The molecule has 0 spiro atoms. The largest absolute Gasteiger partial charge is 0.389 e. The molecule has 104 valence electrons. The molecule has 1 unspecified atom stereocenters. The highest BCUT2D eigenvalue weighted by atomic mass is 16.5. The first kappa shape index (κ1) is 16.8. The maximum atomic E-state index is 10.3. The Kier molecular flexibility index (Phi) is 8.78. The fraction of sp³-hybridized carbons (Fsp3) is 1.00. The maximum absolute atomic E-state index is 10.3. The van der Waals surface area contributed by atoms with E-state index in [0.717, 1.165) is 26.1 Å². The second-order valence-corrected chi connectivity index (χ2v) is 5.13. The number of hydrogen-bond acceptors (Lipinski definition) is 4. The molecule has 0 aromatic heterocycles. The van der Waals surface area contributed by atoms with Crippen LogP contribution >= 0.6 is 0 Å². The van der Waals surface area contributed by atoms with E-state index in [1.54, 1.807) is 14.2 Å². The molecule has 0 radical (unpaired) electrons. The molecule has 0 saturated carbocycles. The summed E-state index contributed by atoms with van der Waals surface area (Å²) in [7, 11) is 3.41. The normalized spacial score (nSPS) is 15.5. The van der Waals surface area contributed by atoms with Crippen molar-refractivity contribution in [1.29, 1.82) is 0 Å². The van der Waals surface area contributed by atoms with Crippen LogP contribution in [-0.2, 0) is 9.47 Å². The highest BCUT2D eigenvalue weighted by Gasteiger charge is 2.27. The number of rotatable bonds is 10. The first-order valence-electron chi connectivity index (χ1n) is 6.36. The summed E-state index contributed by atoms with van der Waals surface area (Å²) in [4.78, 5) is 2.24. The molecule has 0 heterocycles. The van der Waals surface area contributed by atoms with E-state index >= 15 is 0 Å². The summed E-state index contributed by atoms with van der Waals surface area (Å²) >= 11 is 0. The molecule has 0 aliphatic rings. The molecule has 0 fully saturated rings. The Morgan fingerprint density at radius 1 is 1.12 bits per heavy atom. The Morgan fingerprint density at radius 3 is 2.18 bits per heavy atom. The molecule has 0 aliphatic heterocycles. The zero-order chi connectivity index (χ0) is 13.3. The zero-order valence-electron chi connectivity index (χ0n) is 12.0. The van der Waals surface area contributed by atoms with Crippen molar-refractivity contribution in [1.82, 2.24) is 4.90 Å². The fourth-order valence-corrected chi connectivity index (χ4v) is 1.56. The van der Waals surface area contributed by atoms with Gasteiger partial charge in [0.15, 0.2) is 0 Å². The summed E-state index contributed by atoms with van der Waals surface area (Å²) in [5.74, 6) is 0.245. The van der Waals surface area contributed by atoms with E-state index in [1.165, 1.54) is 0 Å². The average molecular weight is 247 g/mol. The van der Waals surface area contributed by atoms with Gasteiger partial charge in [-0.05, 0) is 19.3 Å². The van der Waals surface area contributed by atoms with Crippen molar-refractivity contribution < 1.29 is 14.6 Å². The van der Waals surface area contributed by atoms with Gasteiger partial charge < -0.3 is 14.6 Å². The topological polar surface area (TPSA) is 41.9 Å². The molecule has 1 N–H and O–H groups in total. The summed E-state index contributed by atoms with van der Waals surface area (Å²) in [5, 5.41) is 10.3. The Hall–Kier alpha value is -0.160. The number of nitrogens with zero attached hydrogens (tertiary/aromatic N) is 1. The van der Waals surface area contributed by atoms with Crippen LogP contribution in [0.4, 0.5) is 0 Å². The fourth-order valence-electron chi connectivity index (χ4n) is 1.56. The zero-order valence-corrected chi connectivity index (χ0v) is 12.0. The van der Waals surface area contributed by atoms with Gasteiger partial charge in [-0.3, -0.25) is 4.90 Å². The minimum atomic E-state index is -0.652. The second-order valence-electron chi connectivity index (χ2n) is 5.13. The van der Waals surface area contributed by atoms with E-state index in [4.69, 9.17) is 9.47 Å². The summed E-state index contributed by atoms with van der Waals surface area (Å²) in [5.41, 5.74) is -0.652. The van der Waals surface area contributed by atoms with E-state index in [-0.39, 0.29) is 5.92 Å². The summed E-state index contributed by atoms with van der Waals surface area (Å²) in [6.45, 7) is 9.90. The molecule has 0 amide bonds. The molecule has 0 bridgehead atoms. The highest BCUT2D eigenvalue weighted by Crippen LogP contribution is 2.17. The summed E-state index contributed by atoms with van der Waals surface area (Å²) < 4.78 is 10.2. The van der Waals surface area contributed by atoms with Crippen molar-refractivity contribution in [2.24, 2.45) is 5.92 Å². The van der Waals surface area contributed by atoms with Gasteiger partial charge in [-0.15, -0.1) is 0 Å². The van der Waals surface area contributed by atoms with Crippen molar-refractivity contribution in [3.8, 4) is 0 Å². The van der Waals surface area contributed by atoms with Crippen LogP contribution in [0.5, 0.6) is 0 Å². The van der Waals surface area contributed by atoms with Crippen molar-refractivity contribution in [2.75, 3.05) is 47.1 Å². The van der Waals surface area contributed by atoms with Crippen molar-refractivity contribution in [3.05, 3.63) is 0 Å². The van der Waals surface area contributed by atoms with E-state index in [1.807, 2.05) is 20.8 Å². The summed E-state index contributed by atoms with van der Waals surface area (Å²) in [6, 6.07) is 0. The highest BCUT2D eigenvalue weighted by molar-refractivity contribution is 4.80. The van der Waals surface area contributed by atoms with Crippen LogP contribution in [-0.4, -0.2) is 62.7 Å². The predicted molar refractivity (Wildman–Crippen MR) is 70.3 cm³/mol. The van der Waals surface area contributed by atoms with Gasteiger partial charge in [0, 0.05) is 40.5 Å². The third kappa shape index (κ3) is 7.71. The van der Waals surface area contributed by atoms with Gasteiger partial charge in [-0.2, -0.15) is 0 Å². The third-order valence-electron chi connectivity index (χ3n) is 3.22. The smallest absolute Gasteiger partial charge is 0.0768 e. The van der Waals surface area contributed by atoms with Gasteiger partial charge in [-0.1, -0.05) is 13.8 Å². The molecule has 0 aliphatic carbocycles. The van der Waals surface area contributed by atoms with Gasteiger partial charge in [0.1, 0.15) is 0 Å². The quantitative estimate of drug-likeness (QED) is 0.592. The molecule has 4 heteroatoms. The standard InChI is InChI=1S/C13H29NO3/c1-12(2)13(3,15)11-14(8-10-17-5)7-6-9-16-4/h12,15H,6-11H2,1-5H3. The number of hydrogen-bond donors (Lipinski definition) is 1. The first-order valence-corrected chi connectivity index (χ1v) is 6.36. The minimum absolute atomic E-state index is 0.245.